The van der Waals surface area contributed by atoms with Crippen molar-refractivity contribution in [2.75, 3.05) is 31.6 Å². The predicted molar refractivity (Wildman–Crippen MR) is 79.0 cm³/mol. The fraction of sp³-hybridized carbons (Fsp3) is 0.600. The minimum absolute atomic E-state index is 0.0714. The molecule has 2 rings (SSSR count). The van der Waals surface area contributed by atoms with Crippen LogP contribution < -0.4 is 5.32 Å². The number of hydrogen-bond donors (Lipinski definition) is 1. The lowest BCUT2D eigenvalue weighted by Crippen LogP contribution is -2.48. The molecule has 1 unspecified atom stereocenters. The number of amides is 1. The molecule has 1 aliphatic heterocycles. The van der Waals surface area contributed by atoms with Crippen molar-refractivity contribution in [2.45, 2.75) is 32.7 Å². The van der Waals surface area contributed by atoms with Gasteiger partial charge in [-0.05, 0) is 25.0 Å². The normalized spacial score (nSPS) is 18.9. The van der Waals surface area contributed by atoms with Gasteiger partial charge in [0.15, 0.2) is 0 Å². The van der Waals surface area contributed by atoms with E-state index in [0.717, 1.165) is 25.2 Å². The molecule has 2 heterocycles. The highest BCUT2D eigenvalue weighted by molar-refractivity contribution is 5.95. The first-order valence-electron chi connectivity index (χ1n) is 7.34. The summed E-state index contributed by atoms with van der Waals surface area (Å²) in [6.45, 7) is 6.96. The third-order valence-electron chi connectivity index (χ3n) is 3.52. The van der Waals surface area contributed by atoms with Crippen molar-refractivity contribution in [2.24, 2.45) is 0 Å². The quantitative estimate of drug-likeness (QED) is 0.896. The zero-order valence-electron chi connectivity index (χ0n) is 12.3. The fourth-order valence-electron chi connectivity index (χ4n) is 2.34. The summed E-state index contributed by atoms with van der Waals surface area (Å²) in [6, 6.07) is 3.79. The smallest absolute Gasteiger partial charge is 0.254 e. The maximum Gasteiger partial charge on any atom is 0.254 e. The van der Waals surface area contributed by atoms with Crippen LogP contribution in [0.4, 0.5) is 5.82 Å². The van der Waals surface area contributed by atoms with E-state index in [1.54, 1.807) is 12.3 Å². The van der Waals surface area contributed by atoms with Gasteiger partial charge in [-0.15, -0.1) is 0 Å². The van der Waals surface area contributed by atoms with Crippen LogP contribution in [0.25, 0.3) is 0 Å². The van der Waals surface area contributed by atoms with E-state index in [1.165, 1.54) is 0 Å². The van der Waals surface area contributed by atoms with E-state index in [2.05, 4.69) is 24.1 Å². The van der Waals surface area contributed by atoms with Gasteiger partial charge in [-0.1, -0.05) is 13.8 Å². The number of nitrogens with zero attached hydrogens (tertiary/aromatic N) is 2. The Morgan fingerprint density at radius 3 is 3.15 bits per heavy atom. The molecular weight excluding hydrogens is 254 g/mol. The highest BCUT2D eigenvalue weighted by atomic mass is 16.5. The summed E-state index contributed by atoms with van der Waals surface area (Å²) in [5, 5.41) is 3.21. The Morgan fingerprint density at radius 2 is 2.40 bits per heavy atom. The van der Waals surface area contributed by atoms with Gasteiger partial charge in [0.05, 0.1) is 19.3 Å². The lowest BCUT2D eigenvalue weighted by atomic mass is 10.1. The standard InChI is InChI=1S/C15H23N3O2/c1-3-6-16-14-10-12(5-7-17-14)15(19)18-8-9-20-11-13(18)4-2/h5,7,10,13H,3-4,6,8-9,11H2,1-2H3,(H,16,17). The number of morpholine rings is 1. The van der Waals surface area contributed by atoms with Gasteiger partial charge in [0.25, 0.3) is 5.91 Å². The van der Waals surface area contributed by atoms with Crippen LogP contribution in [-0.2, 0) is 4.74 Å². The molecule has 1 atom stereocenters. The van der Waals surface area contributed by atoms with E-state index in [-0.39, 0.29) is 11.9 Å². The Labute approximate surface area is 120 Å². The first-order chi connectivity index (χ1) is 9.76. The number of ether oxygens (including phenoxy) is 1. The summed E-state index contributed by atoms with van der Waals surface area (Å²) < 4.78 is 5.45. The number of nitrogens with one attached hydrogen (secondary N) is 1. The van der Waals surface area contributed by atoms with Crippen molar-refractivity contribution < 1.29 is 9.53 Å². The van der Waals surface area contributed by atoms with Gasteiger partial charge < -0.3 is 15.0 Å². The Kier molecular flexibility index (Phi) is 5.35. The average molecular weight is 277 g/mol. The molecule has 5 nitrogen and oxygen atoms in total. The second kappa shape index (κ2) is 7.24. The summed E-state index contributed by atoms with van der Waals surface area (Å²) in [4.78, 5) is 18.8. The average Bonchev–Trinajstić information content (AvgIpc) is 2.52. The molecule has 1 aromatic heterocycles. The highest BCUT2D eigenvalue weighted by Crippen LogP contribution is 2.16. The van der Waals surface area contributed by atoms with Gasteiger partial charge in [0.1, 0.15) is 5.82 Å². The lowest BCUT2D eigenvalue weighted by Gasteiger charge is -2.35. The van der Waals surface area contributed by atoms with E-state index < -0.39 is 0 Å². The van der Waals surface area contributed by atoms with Gasteiger partial charge in [-0.25, -0.2) is 4.98 Å². The molecule has 1 amide bonds. The molecule has 0 aromatic carbocycles. The van der Waals surface area contributed by atoms with Crippen molar-refractivity contribution in [3.63, 3.8) is 0 Å². The Bertz CT molecular complexity index is 450. The third-order valence-corrected chi connectivity index (χ3v) is 3.52. The molecule has 0 aliphatic carbocycles. The molecule has 5 heteroatoms. The van der Waals surface area contributed by atoms with E-state index in [0.29, 0.717) is 25.3 Å². The predicted octanol–water partition coefficient (Wildman–Crippen LogP) is 2.15. The first kappa shape index (κ1) is 14.8. The zero-order chi connectivity index (χ0) is 14.4. The van der Waals surface area contributed by atoms with Crippen molar-refractivity contribution in [1.29, 1.82) is 0 Å². The number of pyridine rings is 1. The van der Waals surface area contributed by atoms with Crippen LogP contribution in [0, 0.1) is 0 Å². The van der Waals surface area contributed by atoms with Crippen LogP contribution in [0.5, 0.6) is 0 Å². The largest absolute Gasteiger partial charge is 0.377 e. The van der Waals surface area contributed by atoms with Crippen LogP contribution in [0.2, 0.25) is 0 Å². The minimum Gasteiger partial charge on any atom is -0.377 e. The Morgan fingerprint density at radius 1 is 1.55 bits per heavy atom. The van der Waals surface area contributed by atoms with E-state index in [4.69, 9.17) is 4.74 Å². The van der Waals surface area contributed by atoms with Crippen LogP contribution >= 0.6 is 0 Å². The monoisotopic (exact) mass is 277 g/mol. The summed E-state index contributed by atoms with van der Waals surface area (Å²) in [7, 11) is 0. The van der Waals surface area contributed by atoms with E-state index in [1.807, 2.05) is 11.0 Å². The van der Waals surface area contributed by atoms with Gasteiger partial charge in [0.2, 0.25) is 0 Å². The summed E-state index contributed by atoms with van der Waals surface area (Å²) in [5.74, 6) is 0.834. The van der Waals surface area contributed by atoms with Gasteiger partial charge >= 0.3 is 0 Å². The SMILES string of the molecule is CCCNc1cc(C(=O)N2CCOCC2CC)ccn1. The van der Waals surface area contributed by atoms with E-state index >= 15 is 0 Å². The molecule has 1 aliphatic rings. The summed E-state index contributed by atoms with van der Waals surface area (Å²) in [6.07, 6.45) is 3.63. The molecule has 20 heavy (non-hydrogen) atoms. The number of carbonyl (C=O) groups excluding carboxylic acids is 1. The molecule has 1 N–H and O–H groups in total. The zero-order valence-corrected chi connectivity index (χ0v) is 12.3. The van der Waals surface area contributed by atoms with Gasteiger partial charge in [-0.2, -0.15) is 0 Å². The van der Waals surface area contributed by atoms with Crippen LogP contribution in [0.15, 0.2) is 18.3 Å². The number of aromatic nitrogens is 1. The summed E-state index contributed by atoms with van der Waals surface area (Å²) >= 11 is 0. The maximum atomic E-state index is 12.6. The summed E-state index contributed by atoms with van der Waals surface area (Å²) in [5.41, 5.74) is 0.693. The molecule has 110 valence electrons. The molecule has 1 aromatic rings. The molecule has 1 fully saturated rings. The van der Waals surface area contributed by atoms with Crippen molar-refractivity contribution in [3.8, 4) is 0 Å². The van der Waals surface area contributed by atoms with E-state index in [9.17, 15) is 4.79 Å². The second-order valence-electron chi connectivity index (χ2n) is 4.99. The lowest BCUT2D eigenvalue weighted by molar-refractivity contribution is -0.00280. The van der Waals surface area contributed by atoms with Crippen molar-refractivity contribution in [3.05, 3.63) is 23.9 Å². The Hall–Kier alpha value is -1.62. The molecule has 0 saturated carbocycles. The topological polar surface area (TPSA) is 54.5 Å². The fourth-order valence-corrected chi connectivity index (χ4v) is 2.34. The van der Waals surface area contributed by atoms with Crippen LogP contribution in [-0.4, -0.2) is 48.1 Å². The number of rotatable bonds is 5. The number of hydrogen-bond acceptors (Lipinski definition) is 4. The van der Waals surface area contributed by atoms with Crippen molar-refractivity contribution in [1.82, 2.24) is 9.88 Å². The van der Waals surface area contributed by atoms with Crippen LogP contribution in [0.1, 0.15) is 37.0 Å². The van der Waals surface area contributed by atoms with Gasteiger partial charge in [0, 0.05) is 24.8 Å². The molecule has 0 radical (unpaired) electrons. The highest BCUT2D eigenvalue weighted by Gasteiger charge is 2.26. The maximum absolute atomic E-state index is 12.6. The third kappa shape index (κ3) is 3.48. The molecule has 0 spiro atoms. The number of anilines is 1. The number of carbonyl (C=O) groups is 1. The molecule has 0 bridgehead atoms. The minimum atomic E-state index is 0.0714. The molecule has 1 saturated heterocycles. The van der Waals surface area contributed by atoms with Crippen molar-refractivity contribution >= 4 is 11.7 Å². The van der Waals surface area contributed by atoms with Gasteiger partial charge in [-0.3, -0.25) is 4.79 Å². The van der Waals surface area contributed by atoms with Crippen LogP contribution in [0.3, 0.4) is 0 Å². The first-order valence-corrected chi connectivity index (χ1v) is 7.34. The molecular formula is C15H23N3O2. The Balaban J connectivity index is 2.11. The second-order valence-corrected chi connectivity index (χ2v) is 4.99.